The molecule has 0 aromatic heterocycles. The van der Waals surface area contributed by atoms with Crippen LogP contribution in [0.25, 0.3) is 6.08 Å². The first-order chi connectivity index (χ1) is 11.9. The smallest absolute Gasteiger partial charge is 0.268 e. The number of halogens is 4. The van der Waals surface area contributed by atoms with Crippen molar-refractivity contribution in [1.29, 1.82) is 0 Å². The van der Waals surface area contributed by atoms with E-state index in [-0.39, 0.29) is 16.7 Å². The first-order valence-electron chi connectivity index (χ1n) is 7.00. The molecule has 3 rings (SSSR count). The fourth-order valence-corrected chi connectivity index (χ4v) is 3.89. The summed E-state index contributed by atoms with van der Waals surface area (Å²) in [5.41, 5.74) is 1.21. The summed E-state index contributed by atoms with van der Waals surface area (Å²) >= 11 is 24.9. The van der Waals surface area contributed by atoms with Crippen LogP contribution in [0.5, 0.6) is 0 Å². The van der Waals surface area contributed by atoms with Gasteiger partial charge in [-0.1, -0.05) is 64.6 Å². The first kappa shape index (κ1) is 18.6. The van der Waals surface area contributed by atoms with Gasteiger partial charge in [-0.15, -0.1) is 0 Å². The highest BCUT2D eigenvalue weighted by Crippen LogP contribution is 2.36. The fraction of sp³-hybridized carbons (Fsp3) is 0.0588. The summed E-state index contributed by atoms with van der Waals surface area (Å²) < 4.78 is 0. The maximum atomic E-state index is 12.6. The lowest BCUT2D eigenvalue weighted by Crippen LogP contribution is -2.27. The molecule has 0 unspecified atom stereocenters. The van der Waals surface area contributed by atoms with Crippen LogP contribution in [-0.2, 0) is 11.3 Å². The number of hydrogen-bond acceptors (Lipinski definition) is 3. The van der Waals surface area contributed by atoms with Crippen LogP contribution in [0.1, 0.15) is 11.1 Å². The minimum Gasteiger partial charge on any atom is -0.268 e. The fourth-order valence-electron chi connectivity index (χ4n) is 2.23. The predicted molar refractivity (Wildman–Crippen MR) is 104 cm³/mol. The lowest BCUT2D eigenvalue weighted by Gasteiger charge is -2.13. The quantitative estimate of drug-likeness (QED) is 0.517. The van der Waals surface area contributed by atoms with Crippen molar-refractivity contribution in [2.75, 3.05) is 0 Å². The Morgan fingerprint density at radius 1 is 1.00 bits per heavy atom. The van der Waals surface area contributed by atoms with Gasteiger partial charge in [0.15, 0.2) is 0 Å². The van der Waals surface area contributed by atoms with Gasteiger partial charge in [0.05, 0.1) is 21.5 Å². The van der Waals surface area contributed by atoms with Crippen LogP contribution in [-0.4, -0.2) is 16.0 Å². The Balaban J connectivity index is 1.87. The van der Waals surface area contributed by atoms with E-state index in [4.69, 9.17) is 46.4 Å². The van der Waals surface area contributed by atoms with Crippen LogP contribution in [0.3, 0.4) is 0 Å². The number of thioether (sulfide) groups is 1. The molecular formula is C17H9Cl4NO2S. The molecular weight excluding hydrogens is 424 g/mol. The predicted octanol–water partition coefficient (Wildman–Crippen LogP) is 6.54. The van der Waals surface area contributed by atoms with Crippen molar-refractivity contribution in [2.24, 2.45) is 0 Å². The lowest BCUT2D eigenvalue weighted by atomic mass is 10.2. The topological polar surface area (TPSA) is 37.4 Å². The van der Waals surface area contributed by atoms with Gasteiger partial charge in [0.2, 0.25) is 0 Å². The molecule has 0 spiro atoms. The molecule has 1 saturated heterocycles. The molecule has 128 valence electrons. The van der Waals surface area contributed by atoms with E-state index < -0.39 is 5.91 Å². The Bertz CT molecular complexity index is 914. The highest BCUT2D eigenvalue weighted by atomic mass is 35.5. The van der Waals surface area contributed by atoms with Crippen LogP contribution in [0.15, 0.2) is 41.3 Å². The Hall–Kier alpha value is -1.17. The van der Waals surface area contributed by atoms with Gasteiger partial charge in [-0.2, -0.15) is 0 Å². The van der Waals surface area contributed by atoms with Crippen molar-refractivity contribution in [3.8, 4) is 0 Å². The summed E-state index contributed by atoms with van der Waals surface area (Å²) in [4.78, 5) is 26.2. The number of imide groups is 1. The summed E-state index contributed by atoms with van der Waals surface area (Å²) in [7, 11) is 0. The number of rotatable bonds is 3. The Kier molecular flexibility index (Phi) is 5.66. The monoisotopic (exact) mass is 431 g/mol. The summed E-state index contributed by atoms with van der Waals surface area (Å²) in [6.07, 6.45) is 1.56. The zero-order chi connectivity index (χ0) is 18.1. The molecule has 0 radical (unpaired) electrons. The minimum atomic E-state index is -0.406. The van der Waals surface area contributed by atoms with Gasteiger partial charge in [0.25, 0.3) is 11.1 Å². The number of hydrogen-bond donors (Lipinski definition) is 0. The normalized spacial score (nSPS) is 16.2. The van der Waals surface area contributed by atoms with Crippen LogP contribution >= 0.6 is 58.2 Å². The molecule has 2 aromatic rings. The van der Waals surface area contributed by atoms with E-state index in [1.807, 2.05) is 0 Å². The van der Waals surface area contributed by atoms with Crippen molar-refractivity contribution >= 4 is 75.4 Å². The molecule has 1 aliphatic rings. The summed E-state index contributed by atoms with van der Waals surface area (Å²) in [6.45, 7) is 0.0707. The average molecular weight is 433 g/mol. The van der Waals surface area contributed by atoms with Crippen LogP contribution in [0.2, 0.25) is 20.1 Å². The molecule has 3 nitrogen and oxygen atoms in total. The van der Waals surface area contributed by atoms with Crippen molar-refractivity contribution < 1.29 is 9.59 Å². The maximum absolute atomic E-state index is 12.6. The van der Waals surface area contributed by atoms with E-state index in [9.17, 15) is 9.59 Å². The van der Waals surface area contributed by atoms with E-state index >= 15 is 0 Å². The van der Waals surface area contributed by atoms with Crippen molar-refractivity contribution in [1.82, 2.24) is 4.90 Å². The van der Waals surface area contributed by atoms with E-state index in [0.29, 0.717) is 31.2 Å². The second-order valence-electron chi connectivity index (χ2n) is 5.15. The van der Waals surface area contributed by atoms with E-state index in [1.165, 1.54) is 0 Å². The van der Waals surface area contributed by atoms with Gasteiger partial charge in [-0.05, 0) is 47.2 Å². The SMILES string of the molecule is O=C1S/C(=C\c2cccc(Cl)c2Cl)C(=O)N1Cc1ccc(Cl)cc1Cl. The maximum Gasteiger partial charge on any atom is 0.293 e. The first-order valence-corrected chi connectivity index (χ1v) is 9.33. The molecule has 0 atom stereocenters. The zero-order valence-corrected chi connectivity index (χ0v) is 16.3. The van der Waals surface area contributed by atoms with Crippen molar-refractivity contribution in [3.63, 3.8) is 0 Å². The second-order valence-corrected chi connectivity index (χ2v) is 7.77. The number of carbonyl (C=O) groups excluding carboxylic acids is 2. The highest BCUT2D eigenvalue weighted by Gasteiger charge is 2.35. The molecule has 2 amide bonds. The molecule has 0 aliphatic carbocycles. The number of amides is 2. The van der Waals surface area contributed by atoms with E-state index in [0.717, 1.165) is 16.7 Å². The van der Waals surface area contributed by atoms with Gasteiger partial charge in [0, 0.05) is 10.0 Å². The van der Waals surface area contributed by atoms with Crippen molar-refractivity contribution in [2.45, 2.75) is 6.54 Å². The number of benzene rings is 2. The lowest BCUT2D eigenvalue weighted by molar-refractivity contribution is -0.123. The third kappa shape index (κ3) is 3.99. The standard InChI is InChI=1S/C17H9Cl4NO2S/c18-11-5-4-10(13(20)7-11)8-22-16(23)14(25-17(22)24)6-9-2-1-3-12(19)15(9)21/h1-7H,8H2/b14-6-. The molecule has 0 N–H and O–H groups in total. The number of nitrogens with zero attached hydrogens (tertiary/aromatic N) is 1. The third-order valence-electron chi connectivity index (χ3n) is 3.49. The highest BCUT2D eigenvalue weighted by molar-refractivity contribution is 8.18. The molecule has 8 heteroatoms. The van der Waals surface area contributed by atoms with Crippen LogP contribution in [0.4, 0.5) is 4.79 Å². The van der Waals surface area contributed by atoms with Gasteiger partial charge in [-0.25, -0.2) is 0 Å². The molecule has 0 bridgehead atoms. The average Bonchev–Trinajstić information content (AvgIpc) is 2.81. The molecule has 25 heavy (non-hydrogen) atoms. The Morgan fingerprint density at radius 2 is 1.76 bits per heavy atom. The largest absolute Gasteiger partial charge is 0.293 e. The van der Waals surface area contributed by atoms with Crippen molar-refractivity contribution in [3.05, 3.63) is 72.5 Å². The molecule has 1 heterocycles. The van der Waals surface area contributed by atoms with Gasteiger partial charge < -0.3 is 0 Å². The molecule has 1 fully saturated rings. The van der Waals surface area contributed by atoms with Crippen LogP contribution in [0, 0.1) is 0 Å². The third-order valence-corrected chi connectivity index (χ3v) is 5.81. The summed E-state index contributed by atoms with van der Waals surface area (Å²) in [5, 5.41) is 1.21. The summed E-state index contributed by atoms with van der Waals surface area (Å²) in [6, 6.07) is 10.00. The molecule has 1 aliphatic heterocycles. The zero-order valence-electron chi connectivity index (χ0n) is 12.4. The number of carbonyl (C=O) groups is 2. The Morgan fingerprint density at radius 3 is 2.48 bits per heavy atom. The van der Waals surface area contributed by atoms with Crippen LogP contribution < -0.4 is 0 Å². The molecule has 2 aromatic carbocycles. The minimum absolute atomic E-state index is 0.0707. The van der Waals surface area contributed by atoms with Gasteiger partial charge in [-0.3, -0.25) is 14.5 Å². The van der Waals surface area contributed by atoms with E-state index in [1.54, 1.807) is 42.5 Å². The second kappa shape index (κ2) is 7.60. The van der Waals surface area contributed by atoms with Gasteiger partial charge in [0.1, 0.15) is 0 Å². The Labute approximate surface area is 168 Å². The van der Waals surface area contributed by atoms with E-state index in [2.05, 4.69) is 0 Å². The molecule has 0 saturated carbocycles. The summed E-state index contributed by atoms with van der Waals surface area (Å²) in [5.74, 6) is -0.406. The van der Waals surface area contributed by atoms with Gasteiger partial charge >= 0.3 is 0 Å².